The lowest BCUT2D eigenvalue weighted by Crippen LogP contribution is -2.22. The van der Waals surface area contributed by atoms with Gasteiger partial charge in [0, 0.05) is 6.54 Å². The maximum absolute atomic E-state index is 9.82. The summed E-state index contributed by atoms with van der Waals surface area (Å²) in [6, 6.07) is 0. The van der Waals surface area contributed by atoms with Gasteiger partial charge in [0.15, 0.2) is 11.2 Å². The van der Waals surface area contributed by atoms with Crippen LogP contribution >= 0.6 is 0 Å². The second-order valence-electron chi connectivity index (χ2n) is 0.795. The Morgan fingerprint density at radius 2 is 2.50 bits per heavy atom. The van der Waals surface area contributed by atoms with Crippen molar-refractivity contribution in [3.05, 3.63) is 0 Å². The molecule has 0 saturated heterocycles. The highest BCUT2D eigenvalue weighted by Crippen LogP contribution is 1.51. The fraction of sp³-hybridized carbons (Fsp3) is 1.00. The third-order valence-electron chi connectivity index (χ3n) is 0.287. The van der Waals surface area contributed by atoms with Crippen LogP contribution in [0.2, 0.25) is 0 Å². The topological polar surface area (TPSA) is 55.1 Å². The number of hydrogen-bond acceptors (Lipinski definition) is 1. The zero-order valence-corrected chi connectivity index (χ0v) is 4.42. The zero-order chi connectivity index (χ0) is 4.99. The van der Waals surface area contributed by atoms with Crippen molar-refractivity contribution in [2.24, 2.45) is 5.14 Å². The van der Waals surface area contributed by atoms with Crippen LogP contribution in [0.1, 0.15) is 6.92 Å². The molecule has 0 aromatic heterocycles. The molecule has 0 bridgehead atoms. The Kier molecular flexibility index (Phi) is 3.31. The van der Waals surface area contributed by atoms with Crippen LogP contribution in [-0.2, 0) is 11.2 Å². The molecule has 0 aromatic rings. The van der Waals surface area contributed by atoms with Gasteiger partial charge in [0.1, 0.15) is 0 Å². The van der Waals surface area contributed by atoms with Crippen LogP contribution in [0.4, 0.5) is 0 Å². The Hall–Kier alpha value is 0.0700. The standard InChI is InChI=1S/C2H8N2OS/c1-2-4-6(3)5/h4H,2-3H2,1H3. The van der Waals surface area contributed by atoms with Gasteiger partial charge in [0.25, 0.3) is 0 Å². The van der Waals surface area contributed by atoms with E-state index in [1.807, 2.05) is 6.92 Å². The maximum Gasteiger partial charge on any atom is 0.164 e. The van der Waals surface area contributed by atoms with Gasteiger partial charge in [-0.1, -0.05) is 6.92 Å². The molecule has 0 aliphatic heterocycles. The van der Waals surface area contributed by atoms with E-state index < -0.39 is 11.2 Å². The van der Waals surface area contributed by atoms with Gasteiger partial charge in [-0.15, -0.1) is 0 Å². The average molecular weight is 108 g/mol. The van der Waals surface area contributed by atoms with Gasteiger partial charge in [0.05, 0.1) is 0 Å². The Morgan fingerprint density at radius 1 is 2.00 bits per heavy atom. The van der Waals surface area contributed by atoms with Crippen LogP contribution in [0, 0.1) is 0 Å². The summed E-state index contributed by atoms with van der Waals surface area (Å²) >= 11 is -1.32. The molecule has 3 N–H and O–H groups in total. The first kappa shape index (κ1) is 6.07. The summed E-state index contributed by atoms with van der Waals surface area (Å²) in [6.07, 6.45) is 0. The fourth-order valence-corrected chi connectivity index (χ4v) is 0.427. The van der Waals surface area contributed by atoms with Gasteiger partial charge in [-0.05, 0) is 0 Å². The van der Waals surface area contributed by atoms with Crippen molar-refractivity contribution >= 4 is 11.2 Å². The van der Waals surface area contributed by atoms with Crippen molar-refractivity contribution in [2.75, 3.05) is 6.54 Å². The lowest BCUT2D eigenvalue weighted by Gasteiger charge is -1.87. The molecule has 0 radical (unpaired) electrons. The van der Waals surface area contributed by atoms with E-state index in [-0.39, 0.29) is 0 Å². The third kappa shape index (κ3) is 4.07. The van der Waals surface area contributed by atoms with Gasteiger partial charge >= 0.3 is 0 Å². The van der Waals surface area contributed by atoms with Crippen LogP contribution in [0.3, 0.4) is 0 Å². The molecule has 0 aliphatic rings. The van der Waals surface area contributed by atoms with E-state index in [0.29, 0.717) is 6.54 Å². The summed E-state index contributed by atoms with van der Waals surface area (Å²) in [4.78, 5) is 0. The Morgan fingerprint density at radius 3 is 2.50 bits per heavy atom. The van der Waals surface area contributed by atoms with Gasteiger partial charge in [-0.25, -0.2) is 14.1 Å². The van der Waals surface area contributed by atoms with Crippen LogP contribution in [0.5, 0.6) is 0 Å². The second kappa shape index (κ2) is 3.27. The first-order valence-corrected chi connectivity index (χ1v) is 2.88. The van der Waals surface area contributed by atoms with E-state index in [2.05, 4.69) is 4.72 Å². The predicted octanol–water partition coefficient (Wildman–Crippen LogP) is -0.867. The minimum absolute atomic E-state index is 0.656. The Labute approximate surface area is 39.6 Å². The van der Waals surface area contributed by atoms with Crippen molar-refractivity contribution < 1.29 is 4.21 Å². The molecule has 1 atom stereocenters. The molecule has 0 amide bonds. The summed E-state index contributed by atoms with van der Waals surface area (Å²) < 4.78 is 12.3. The van der Waals surface area contributed by atoms with E-state index in [4.69, 9.17) is 5.14 Å². The lowest BCUT2D eigenvalue weighted by atomic mass is 10.8. The number of rotatable bonds is 2. The van der Waals surface area contributed by atoms with Crippen LogP contribution in [0.25, 0.3) is 0 Å². The first-order chi connectivity index (χ1) is 2.77. The van der Waals surface area contributed by atoms with Crippen LogP contribution < -0.4 is 9.86 Å². The second-order valence-corrected chi connectivity index (χ2v) is 1.68. The minimum atomic E-state index is -1.32. The lowest BCUT2D eigenvalue weighted by molar-refractivity contribution is 0.675. The first-order valence-electron chi connectivity index (χ1n) is 1.67. The van der Waals surface area contributed by atoms with Crippen molar-refractivity contribution in [1.29, 1.82) is 0 Å². The van der Waals surface area contributed by atoms with E-state index >= 15 is 0 Å². The van der Waals surface area contributed by atoms with Crippen molar-refractivity contribution in [3.63, 3.8) is 0 Å². The number of nitrogens with one attached hydrogen (secondary N) is 1. The Bertz CT molecular complexity index is 55.5. The smallest absolute Gasteiger partial charge is 0.164 e. The SMILES string of the molecule is CCNS(N)=O. The highest BCUT2D eigenvalue weighted by Gasteiger charge is 1.77. The van der Waals surface area contributed by atoms with Crippen LogP contribution in [-0.4, -0.2) is 10.8 Å². The molecule has 0 fully saturated rings. The Balaban J connectivity index is 2.83. The molecule has 38 valence electrons. The summed E-state index contributed by atoms with van der Waals surface area (Å²) in [6.45, 7) is 2.49. The van der Waals surface area contributed by atoms with Crippen molar-refractivity contribution in [2.45, 2.75) is 6.92 Å². The quantitative estimate of drug-likeness (QED) is 0.475. The molecular formula is C2H8N2OS. The zero-order valence-electron chi connectivity index (χ0n) is 3.60. The molecule has 3 nitrogen and oxygen atoms in total. The molecule has 0 heterocycles. The number of hydrogen-bond donors (Lipinski definition) is 2. The normalized spacial score (nSPS) is 14.3. The summed E-state index contributed by atoms with van der Waals surface area (Å²) in [5.74, 6) is 0. The third-order valence-corrected chi connectivity index (χ3v) is 0.860. The molecule has 6 heavy (non-hydrogen) atoms. The molecule has 1 unspecified atom stereocenters. The fourth-order valence-electron chi connectivity index (χ4n) is 0.142. The van der Waals surface area contributed by atoms with E-state index in [0.717, 1.165) is 0 Å². The molecule has 0 rings (SSSR count). The highest BCUT2D eigenvalue weighted by molar-refractivity contribution is 7.80. The van der Waals surface area contributed by atoms with Crippen LogP contribution in [0.15, 0.2) is 0 Å². The molecule has 0 aromatic carbocycles. The molecule has 4 heteroatoms. The number of nitrogens with two attached hydrogens (primary N) is 1. The van der Waals surface area contributed by atoms with Gasteiger partial charge in [0.2, 0.25) is 0 Å². The molecule has 0 saturated carbocycles. The molecule has 0 aliphatic carbocycles. The summed E-state index contributed by atoms with van der Waals surface area (Å²) in [5.41, 5.74) is 0. The largest absolute Gasteiger partial charge is 0.239 e. The molecule has 0 spiro atoms. The van der Waals surface area contributed by atoms with Gasteiger partial charge in [-0.3, -0.25) is 0 Å². The monoisotopic (exact) mass is 108 g/mol. The molecular weight excluding hydrogens is 100 g/mol. The van der Waals surface area contributed by atoms with E-state index in [1.54, 1.807) is 0 Å². The van der Waals surface area contributed by atoms with E-state index in [1.165, 1.54) is 0 Å². The summed E-state index contributed by atoms with van der Waals surface area (Å²) in [7, 11) is 0. The average Bonchev–Trinajstić information content (AvgIpc) is 1.35. The predicted molar refractivity (Wildman–Crippen MR) is 26.0 cm³/mol. The highest BCUT2D eigenvalue weighted by atomic mass is 32.2. The maximum atomic E-state index is 9.82. The van der Waals surface area contributed by atoms with Crippen molar-refractivity contribution in [3.8, 4) is 0 Å². The van der Waals surface area contributed by atoms with E-state index in [9.17, 15) is 4.21 Å². The summed E-state index contributed by atoms with van der Waals surface area (Å²) in [5, 5.41) is 4.76. The van der Waals surface area contributed by atoms with Gasteiger partial charge in [-0.2, -0.15) is 0 Å². The minimum Gasteiger partial charge on any atom is -0.239 e. The van der Waals surface area contributed by atoms with Crippen molar-refractivity contribution in [1.82, 2.24) is 4.72 Å². The van der Waals surface area contributed by atoms with Gasteiger partial charge < -0.3 is 0 Å².